The molecule has 0 radical (unpaired) electrons. The van der Waals surface area contributed by atoms with Crippen molar-refractivity contribution >= 4 is 5.91 Å². The average molecular weight is 393 g/mol. The fourth-order valence-electron chi connectivity index (χ4n) is 4.14. The molecule has 4 heteroatoms. The molecule has 0 saturated heterocycles. The maximum absolute atomic E-state index is 11.6. The summed E-state index contributed by atoms with van der Waals surface area (Å²) in [4.78, 5) is 14.1. The zero-order valence-corrected chi connectivity index (χ0v) is 17.6. The van der Waals surface area contributed by atoms with E-state index in [-0.39, 0.29) is 11.9 Å². The van der Waals surface area contributed by atoms with Gasteiger partial charge in [-0.3, -0.25) is 9.69 Å². The smallest absolute Gasteiger partial charge is 0.220 e. The summed E-state index contributed by atoms with van der Waals surface area (Å²) in [6.45, 7) is 6.89. The molecule has 2 aromatic rings. The summed E-state index contributed by atoms with van der Waals surface area (Å²) < 4.78 is 6.22. The Hall–Kier alpha value is -2.33. The predicted octanol–water partition coefficient (Wildman–Crippen LogP) is 4.76. The molecule has 1 fully saturated rings. The van der Waals surface area contributed by atoms with Crippen molar-refractivity contribution in [2.45, 2.75) is 71.2 Å². The second-order valence-electron chi connectivity index (χ2n) is 8.41. The Morgan fingerprint density at radius 2 is 2.00 bits per heavy atom. The van der Waals surface area contributed by atoms with Gasteiger partial charge >= 0.3 is 0 Å². The van der Waals surface area contributed by atoms with Gasteiger partial charge in [0.05, 0.1) is 12.1 Å². The highest BCUT2D eigenvalue weighted by Crippen LogP contribution is 2.32. The monoisotopic (exact) mass is 392 g/mol. The van der Waals surface area contributed by atoms with E-state index in [1.807, 2.05) is 13.8 Å². The van der Waals surface area contributed by atoms with Crippen molar-refractivity contribution in [3.8, 4) is 5.75 Å². The van der Waals surface area contributed by atoms with Crippen molar-refractivity contribution in [1.29, 1.82) is 0 Å². The van der Waals surface area contributed by atoms with E-state index in [4.69, 9.17) is 4.74 Å². The van der Waals surface area contributed by atoms with Crippen LogP contribution in [0.15, 0.2) is 42.5 Å². The number of amides is 1. The summed E-state index contributed by atoms with van der Waals surface area (Å²) in [7, 11) is 0. The summed E-state index contributed by atoms with van der Waals surface area (Å²) >= 11 is 0. The molecule has 154 valence electrons. The minimum atomic E-state index is 0.0486. The van der Waals surface area contributed by atoms with Crippen LogP contribution >= 0.6 is 0 Å². The number of nitrogens with one attached hydrogen (secondary N) is 1. The first-order chi connectivity index (χ1) is 14.1. The molecule has 1 aliphatic heterocycles. The van der Waals surface area contributed by atoms with Gasteiger partial charge in [0.25, 0.3) is 0 Å². The van der Waals surface area contributed by atoms with Gasteiger partial charge in [0, 0.05) is 26.1 Å². The van der Waals surface area contributed by atoms with Crippen molar-refractivity contribution in [2.24, 2.45) is 0 Å². The molecule has 0 unspecified atom stereocenters. The Morgan fingerprint density at radius 1 is 1.21 bits per heavy atom. The van der Waals surface area contributed by atoms with Crippen LogP contribution < -0.4 is 10.1 Å². The van der Waals surface area contributed by atoms with Crippen LogP contribution in [0, 0.1) is 0 Å². The molecule has 1 aliphatic carbocycles. The van der Waals surface area contributed by atoms with E-state index in [1.54, 1.807) is 0 Å². The normalized spacial score (nSPS) is 17.9. The zero-order chi connectivity index (χ0) is 20.2. The number of fused-ring (bicyclic) bond motifs is 1. The molecule has 1 N–H and O–H groups in total. The molecule has 4 nitrogen and oxygen atoms in total. The van der Waals surface area contributed by atoms with Crippen molar-refractivity contribution < 1.29 is 9.53 Å². The first kappa shape index (κ1) is 20.0. The number of benzene rings is 2. The van der Waals surface area contributed by atoms with Crippen LogP contribution in [0.3, 0.4) is 0 Å². The van der Waals surface area contributed by atoms with Crippen LogP contribution in [-0.4, -0.2) is 23.5 Å². The van der Waals surface area contributed by atoms with Gasteiger partial charge in [-0.05, 0) is 60.9 Å². The second kappa shape index (κ2) is 9.00. The van der Waals surface area contributed by atoms with Crippen LogP contribution in [0.2, 0.25) is 0 Å². The van der Waals surface area contributed by atoms with Crippen molar-refractivity contribution in [2.75, 3.05) is 6.54 Å². The highest BCUT2D eigenvalue weighted by molar-refractivity contribution is 5.76. The Balaban J connectivity index is 1.36. The summed E-state index contributed by atoms with van der Waals surface area (Å²) in [5.41, 5.74) is 5.28. The van der Waals surface area contributed by atoms with Crippen molar-refractivity contribution in [3.63, 3.8) is 0 Å². The molecule has 1 saturated carbocycles. The van der Waals surface area contributed by atoms with Crippen LogP contribution in [0.25, 0.3) is 0 Å². The van der Waals surface area contributed by atoms with Gasteiger partial charge < -0.3 is 10.1 Å². The van der Waals surface area contributed by atoms with E-state index < -0.39 is 0 Å². The third-order valence-electron chi connectivity index (χ3n) is 6.23. The van der Waals surface area contributed by atoms with E-state index in [0.29, 0.717) is 12.5 Å². The van der Waals surface area contributed by atoms with Gasteiger partial charge in [-0.15, -0.1) is 0 Å². The molecule has 1 atom stereocenters. The summed E-state index contributed by atoms with van der Waals surface area (Å²) in [6, 6.07) is 15.2. The summed E-state index contributed by atoms with van der Waals surface area (Å²) in [5, 5.41) is 3.02. The zero-order valence-electron chi connectivity index (χ0n) is 17.6. The molecule has 2 aliphatic rings. The molecule has 0 bridgehead atoms. The van der Waals surface area contributed by atoms with Crippen molar-refractivity contribution in [3.05, 3.63) is 64.7 Å². The number of hydrogen-bond donors (Lipinski definition) is 1. The Labute approximate surface area is 174 Å². The Morgan fingerprint density at radius 3 is 2.69 bits per heavy atom. The largest absolute Gasteiger partial charge is 0.490 e. The first-order valence-electron chi connectivity index (χ1n) is 11.0. The lowest BCUT2D eigenvalue weighted by Gasteiger charge is -2.32. The van der Waals surface area contributed by atoms with Crippen LogP contribution in [0.5, 0.6) is 5.75 Å². The lowest BCUT2D eigenvalue weighted by Crippen LogP contribution is -2.31. The van der Waals surface area contributed by atoms with E-state index in [1.165, 1.54) is 36.0 Å². The SMILES string of the molecule is CCC(=O)N[C@@H](C)c1ccc(CN2CCc3c(cccc3OC3CCC3)C2)cc1. The lowest BCUT2D eigenvalue weighted by molar-refractivity contribution is -0.121. The number of ether oxygens (including phenoxy) is 1. The number of hydrogen-bond acceptors (Lipinski definition) is 3. The van der Waals surface area contributed by atoms with E-state index in [9.17, 15) is 4.79 Å². The standard InChI is InChI=1S/C25H32N2O2/c1-3-25(28)26-18(2)20-12-10-19(11-13-20)16-27-15-14-23-21(17-27)6-4-9-24(23)29-22-7-5-8-22/h4,6,9-13,18,22H,3,5,7-8,14-17H2,1-2H3,(H,26,28)/t18-/m0/s1. The van der Waals surface area contributed by atoms with Crippen molar-refractivity contribution in [1.82, 2.24) is 10.2 Å². The number of rotatable bonds is 7. The van der Waals surface area contributed by atoms with Gasteiger partial charge in [0.15, 0.2) is 0 Å². The molecule has 0 spiro atoms. The average Bonchev–Trinajstić information content (AvgIpc) is 2.71. The third kappa shape index (κ3) is 4.81. The summed E-state index contributed by atoms with van der Waals surface area (Å²) in [6.07, 6.45) is 5.71. The van der Waals surface area contributed by atoms with E-state index >= 15 is 0 Å². The molecule has 2 aromatic carbocycles. The van der Waals surface area contributed by atoms with Crippen LogP contribution in [-0.2, 0) is 24.3 Å². The molecule has 4 rings (SSSR count). The minimum absolute atomic E-state index is 0.0486. The van der Waals surface area contributed by atoms with Gasteiger partial charge in [0.1, 0.15) is 5.75 Å². The first-order valence-corrected chi connectivity index (χ1v) is 11.0. The third-order valence-corrected chi connectivity index (χ3v) is 6.23. The molecule has 0 aromatic heterocycles. The Kier molecular flexibility index (Phi) is 6.19. The van der Waals surface area contributed by atoms with Gasteiger partial charge in [-0.2, -0.15) is 0 Å². The van der Waals surface area contributed by atoms with Gasteiger partial charge in [-0.1, -0.05) is 43.3 Å². The quantitative estimate of drug-likeness (QED) is 0.738. The predicted molar refractivity (Wildman–Crippen MR) is 116 cm³/mol. The van der Waals surface area contributed by atoms with Crippen LogP contribution in [0.4, 0.5) is 0 Å². The fraction of sp³-hybridized carbons (Fsp3) is 0.480. The van der Waals surface area contributed by atoms with Gasteiger partial charge in [0.2, 0.25) is 5.91 Å². The minimum Gasteiger partial charge on any atom is -0.490 e. The number of carbonyl (C=O) groups is 1. The molecular formula is C25H32N2O2. The Bertz CT molecular complexity index is 842. The maximum atomic E-state index is 11.6. The molecule has 29 heavy (non-hydrogen) atoms. The second-order valence-corrected chi connectivity index (χ2v) is 8.41. The van der Waals surface area contributed by atoms with Crippen LogP contribution in [0.1, 0.15) is 67.8 Å². The highest BCUT2D eigenvalue weighted by atomic mass is 16.5. The summed E-state index contributed by atoms with van der Waals surface area (Å²) in [5.74, 6) is 1.20. The number of carbonyl (C=O) groups excluding carboxylic acids is 1. The maximum Gasteiger partial charge on any atom is 0.220 e. The lowest BCUT2D eigenvalue weighted by atomic mass is 9.95. The fourth-order valence-corrected chi connectivity index (χ4v) is 4.14. The van der Waals surface area contributed by atoms with E-state index in [2.05, 4.69) is 52.7 Å². The van der Waals surface area contributed by atoms with E-state index in [0.717, 1.165) is 37.4 Å². The molecule has 1 heterocycles. The molecule has 1 amide bonds. The highest BCUT2D eigenvalue weighted by Gasteiger charge is 2.24. The number of nitrogens with zero attached hydrogens (tertiary/aromatic N) is 1. The van der Waals surface area contributed by atoms with Gasteiger partial charge in [-0.25, -0.2) is 0 Å². The molecular weight excluding hydrogens is 360 g/mol. The topological polar surface area (TPSA) is 41.6 Å².